The molecule has 1 aromatic carbocycles. The minimum absolute atomic E-state index is 0.0936. The van der Waals surface area contributed by atoms with Crippen LogP contribution in [-0.4, -0.2) is 0 Å². The molecule has 0 spiro atoms. The summed E-state index contributed by atoms with van der Waals surface area (Å²) >= 11 is 6.01. The number of nitrogens with two attached hydrogens (primary N) is 1. The largest absolute Gasteiger partial charge is 0.459 e. The second-order valence-electron chi connectivity index (χ2n) is 5.65. The number of hydrazine groups is 1. The molecule has 0 saturated heterocycles. The number of nitrogens with one attached hydrogen (secondary N) is 1. The Labute approximate surface area is 118 Å². The molecule has 1 heterocycles. The Balaban J connectivity index is 1.92. The number of furan rings is 1. The average molecular weight is 279 g/mol. The van der Waals surface area contributed by atoms with Crippen LogP contribution in [0.2, 0.25) is 5.02 Å². The van der Waals surface area contributed by atoms with Gasteiger partial charge in [-0.3, -0.25) is 5.84 Å². The van der Waals surface area contributed by atoms with E-state index in [-0.39, 0.29) is 6.04 Å². The smallest absolute Gasteiger partial charge is 0.134 e. The predicted molar refractivity (Wildman–Crippen MR) is 77.8 cm³/mol. The van der Waals surface area contributed by atoms with Crippen molar-refractivity contribution >= 4 is 22.6 Å². The Morgan fingerprint density at radius 3 is 2.89 bits per heavy atom. The van der Waals surface area contributed by atoms with Gasteiger partial charge in [0.2, 0.25) is 0 Å². The molecule has 1 aromatic heterocycles. The molecule has 19 heavy (non-hydrogen) atoms. The highest BCUT2D eigenvalue weighted by molar-refractivity contribution is 6.31. The fourth-order valence-corrected chi connectivity index (χ4v) is 3.37. The summed E-state index contributed by atoms with van der Waals surface area (Å²) in [5, 5.41) is 1.76. The highest BCUT2D eigenvalue weighted by Gasteiger charge is 2.31. The minimum Gasteiger partial charge on any atom is -0.459 e. The Hall–Kier alpha value is -1.03. The molecule has 0 bridgehead atoms. The summed E-state index contributed by atoms with van der Waals surface area (Å²) in [6.07, 6.45) is 3.68. The lowest BCUT2D eigenvalue weighted by Crippen LogP contribution is -2.32. The zero-order valence-electron chi connectivity index (χ0n) is 11.0. The van der Waals surface area contributed by atoms with Crippen molar-refractivity contribution in [3.8, 4) is 0 Å². The van der Waals surface area contributed by atoms with Gasteiger partial charge in [-0.2, -0.15) is 0 Å². The topological polar surface area (TPSA) is 51.2 Å². The van der Waals surface area contributed by atoms with E-state index in [1.807, 2.05) is 18.2 Å². The van der Waals surface area contributed by atoms with Crippen LogP contribution >= 0.6 is 11.6 Å². The monoisotopic (exact) mass is 278 g/mol. The zero-order chi connectivity index (χ0) is 13.4. The maximum Gasteiger partial charge on any atom is 0.134 e. The normalized spacial score (nSPS) is 25.0. The van der Waals surface area contributed by atoms with E-state index in [4.69, 9.17) is 21.9 Å². The van der Waals surface area contributed by atoms with E-state index in [9.17, 15) is 0 Å². The lowest BCUT2D eigenvalue weighted by Gasteiger charge is -2.20. The van der Waals surface area contributed by atoms with Crippen LogP contribution in [0.25, 0.3) is 11.0 Å². The first-order chi connectivity index (χ1) is 9.17. The molecule has 3 rings (SSSR count). The van der Waals surface area contributed by atoms with Crippen molar-refractivity contribution in [2.75, 3.05) is 0 Å². The van der Waals surface area contributed by atoms with Crippen molar-refractivity contribution in [1.29, 1.82) is 0 Å². The Morgan fingerprint density at radius 1 is 1.37 bits per heavy atom. The second kappa shape index (κ2) is 5.16. The molecule has 3 nitrogen and oxygen atoms in total. The maximum absolute atomic E-state index is 6.01. The maximum atomic E-state index is 6.01. The van der Waals surface area contributed by atoms with Gasteiger partial charge in [-0.25, -0.2) is 5.43 Å². The second-order valence-corrected chi connectivity index (χ2v) is 6.09. The van der Waals surface area contributed by atoms with Gasteiger partial charge in [0, 0.05) is 10.4 Å². The van der Waals surface area contributed by atoms with E-state index >= 15 is 0 Å². The van der Waals surface area contributed by atoms with Crippen LogP contribution in [0.4, 0.5) is 0 Å². The molecule has 0 amide bonds. The number of hydrogen-bond donors (Lipinski definition) is 2. The lowest BCUT2D eigenvalue weighted by molar-refractivity contribution is 0.317. The van der Waals surface area contributed by atoms with Crippen LogP contribution in [0.5, 0.6) is 0 Å². The molecule has 102 valence electrons. The summed E-state index contributed by atoms with van der Waals surface area (Å²) in [7, 11) is 0. The van der Waals surface area contributed by atoms with Gasteiger partial charge < -0.3 is 4.42 Å². The fraction of sp³-hybridized carbons (Fsp3) is 0.467. The van der Waals surface area contributed by atoms with Crippen LogP contribution < -0.4 is 11.3 Å². The zero-order valence-corrected chi connectivity index (χ0v) is 11.8. The summed E-state index contributed by atoms with van der Waals surface area (Å²) in [6, 6.07) is 7.82. The van der Waals surface area contributed by atoms with Crippen molar-refractivity contribution in [3.63, 3.8) is 0 Å². The quantitative estimate of drug-likeness (QED) is 0.658. The van der Waals surface area contributed by atoms with Gasteiger partial charge in [-0.15, -0.1) is 0 Å². The molecule has 3 N–H and O–H groups in total. The van der Waals surface area contributed by atoms with Gasteiger partial charge >= 0.3 is 0 Å². The van der Waals surface area contributed by atoms with E-state index < -0.39 is 0 Å². The van der Waals surface area contributed by atoms with Crippen LogP contribution in [-0.2, 0) is 0 Å². The summed E-state index contributed by atoms with van der Waals surface area (Å²) in [5.41, 5.74) is 3.80. The van der Waals surface area contributed by atoms with E-state index in [1.54, 1.807) is 0 Å². The van der Waals surface area contributed by atoms with E-state index in [0.717, 1.165) is 27.7 Å². The molecule has 1 saturated carbocycles. The molecule has 3 atom stereocenters. The van der Waals surface area contributed by atoms with Gasteiger partial charge in [0.1, 0.15) is 11.3 Å². The van der Waals surface area contributed by atoms with Gasteiger partial charge in [0.25, 0.3) is 0 Å². The first-order valence-corrected chi connectivity index (χ1v) is 7.20. The molecule has 0 radical (unpaired) electrons. The van der Waals surface area contributed by atoms with Crippen molar-refractivity contribution in [2.24, 2.45) is 17.7 Å². The predicted octanol–water partition coefficient (Wildman–Crippen LogP) is 4.03. The van der Waals surface area contributed by atoms with E-state index in [0.29, 0.717) is 5.92 Å². The Bertz CT molecular complexity index is 581. The number of halogens is 1. The molecule has 1 fully saturated rings. The van der Waals surface area contributed by atoms with Gasteiger partial charge in [0.15, 0.2) is 0 Å². The summed E-state index contributed by atoms with van der Waals surface area (Å²) in [4.78, 5) is 0. The van der Waals surface area contributed by atoms with Gasteiger partial charge in [-0.05, 0) is 48.9 Å². The van der Waals surface area contributed by atoms with Crippen LogP contribution in [0.3, 0.4) is 0 Å². The number of rotatable bonds is 3. The number of hydrogen-bond acceptors (Lipinski definition) is 3. The SMILES string of the molecule is CC1CCC(C(NN)c2cc3cc(Cl)ccc3o2)C1. The Morgan fingerprint density at radius 2 is 2.21 bits per heavy atom. The van der Waals surface area contributed by atoms with Crippen LogP contribution in [0.1, 0.15) is 38.0 Å². The van der Waals surface area contributed by atoms with Gasteiger partial charge in [-0.1, -0.05) is 24.9 Å². The summed E-state index contributed by atoms with van der Waals surface area (Å²) < 4.78 is 5.92. The average Bonchev–Trinajstić information content (AvgIpc) is 2.96. The Kier molecular flexibility index (Phi) is 3.52. The highest BCUT2D eigenvalue weighted by atomic mass is 35.5. The number of fused-ring (bicyclic) bond motifs is 1. The molecular weight excluding hydrogens is 260 g/mol. The van der Waals surface area contributed by atoms with Crippen molar-refractivity contribution in [1.82, 2.24) is 5.43 Å². The van der Waals surface area contributed by atoms with Crippen molar-refractivity contribution in [2.45, 2.75) is 32.2 Å². The van der Waals surface area contributed by atoms with E-state index in [2.05, 4.69) is 18.4 Å². The highest BCUT2D eigenvalue weighted by Crippen LogP contribution is 2.40. The third-order valence-electron chi connectivity index (χ3n) is 4.19. The van der Waals surface area contributed by atoms with E-state index in [1.165, 1.54) is 19.3 Å². The molecule has 1 aliphatic rings. The van der Waals surface area contributed by atoms with Crippen LogP contribution in [0, 0.1) is 11.8 Å². The molecule has 2 aromatic rings. The lowest BCUT2D eigenvalue weighted by atomic mass is 9.95. The molecule has 0 aliphatic heterocycles. The van der Waals surface area contributed by atoms with Crippen LogP contribution in [0.15, 0.2) is 28.7 Å². The van der Waals surface area contributed by atoms with Crippen molar-refractivity contribution in [3.05, 3.63) is 35.0 Å². The van der Waals surface area contributed by atoms with Crippen molar-refractivity contribution < 1.29 is 4.42 Å². The van der Waals surface area contributed by atoms with Gasteiger partial charge in [0.05, 0.1) is 6.04 Å². The summed E-state index contributed by atoms with van der Waals surface area (Å²) in [6.45, 7) is 2.30. The standard InChI is InChI=1S/C15H19ClN2O/c1-9-2-3-10(6-9)15(18-17)14-8-11-7-12(16)4-5-13(11)19-14/h4-5,7-10,15,18H,2-3,6,17H2,1H3. The number of benzene rings is 1. The minimum atomic E-state index is 0.0936. The molecule has 3 unspecified atom stereocenters. The molecule has 1 aliphatic carbocycles. The molecule has 4 heteroatoms. The molecular formula is C15H19ClN2O. The first-order valence-electron chi connectivity index (χ1n) is 6.82. The third kappa shape index (κ3) is 2.50. The third-order valence-corrected chi connectivity index (χ3v) is 4.43. The fourth-order valence-electron chi connectivity index (χ4n) is 3.19. The first kappa shape index (κ1) is 13.0. The summed E-state index contributed by atoms with van der Waals surface area (Å²) in [5.74, 6) is 7.99.